The first-order chi connectivity index (χ1) is 9.56. The second kappa shape index (κ2) is 6.34. The van der Waals surface area contributed by atoms with Gasteiger partial charge in [-0.2, -0.15) is 5.10 Å². The van der Waals surface area contributed by atoms with E-state index in [1.807, 2.05) is 0 Å². The van der Waals surface area contributed by atoms with Gasteiger partial charge in [0.25, 0.3) is 5.91 Å². The fraction of sp³-hybridized carbons (Fsp3) is 0.0667. The van der Waals surface area contributed by atoms with Gasteiger partial charge in [-0.1, -0.05) is 15.9 Å². The van der Waals surface area contributed by atoms with Crippen molar-refractivity contribution in [3.8, 4) is 5.75 Å². The quantitative estimate of drug-likeness (QED) is 0.669. The highest BCUT2D eigenvalue weighted by Gasteiger charge is 2.04. The summed E-state index contributed by atoms with van der Waals surface area (Å²) in [5.41, 5.74) is 4.53. The number of amides is 1. The van der Waals surface area contributed by atoms with Crippen molar-refractivity contribution in [3.05, 3.63) is 64.1 Å². The van der Waals surface area contributed by atoms with Gasteiger partial charge in [0, 0.05) is 10.0 Å². The minimum atomic E-state index is -0.268. The molecule has 0 heterocycles. The summed E-state index contributed by atoms with van der Waals surface area (Å²) in [6.45, 7) is 1.79. The highest BCUT2D eigenvalue weighted by atomic mass is 79.9. The van der Waals surface area contributed by atoms with Crippen molar-refractivity contribution in [2.75, 3.05) is 0 Å². The van der Waals surface area contributed by atoms with E-state index < -0.39 is 0 Å². The van der Waals surface area contributed by atoms with E-state index in [1.54, 1.807) is 55.5 Å². The molecule has 0 saturated heterocycles. The van der Waals surface area contributed by atoms with Crippen molar-refractivity contribution in [1.82, 2.24) is 5.43 Å². The molecule has 1 amide bonds. The highest BCUT2D eigenvalue weighted by molar-refractivity contribution is 9.10. The lowest BCUT2D eigenvalue weighted by atomic mass is 10.1. The van der Waals surface area contributed by atoms with Gasteiger partial charge in [0.15, 0.2) is 0 Å². The summed E-state index contributed by atoms with van der Waals surface area (Å²) < 4.78 is 0.915. The normalized spacial score (nSPS) is 11.2. The Morgan fingerprint density at radius 1 is 1.05 bits per heavy atom. The van der Waals surface area contributed by atoms with Crippen LogP contribution >= 0.6 is 15.9 Å². The number of benzene rings is 2. The van der Waals surface area contributed by atoms with Crippen LogP contribution in [0, 0.1) is 0 Å². The van der Waals surface area contributed by atoms with Crippen LogP contribution in [-0.4, -0.2) is 16.7 Å². The Hall–Kier alpha value is -2.14. The third-order valence-corrected chi connectivity index (χ3v) is 3.25. The lowest BCUT2D eigenvalue weighted by Crippen LogP contribution is -2.19. The third kappa shape index (κ3) is 3.68. The maximum absolute atomic E-state index is 11.9. The molecule has 2 aromatic rings. The molecule has 5 heteroatoms. The molecular weight excluding hydrogens is 320 g/mol. The minimum Gasteiger partial charge on any atom is -0.508 e. The van der Waals surface area contributed by atoms with Crippen LogP contribution in [0.5, 0.6) is 5.75 Å². The first-order valence-electron chi connectivity index (χ1n) is 5.96. The van der Waals surface area contributed by atoms with Gasteiger partial charge in [0.1, 0.15) is 5.75 Å². The van der Waals surface area contributed by atoms with E-state index in [0.717, 1.165) is 10.0 Å². The van der Waals surface area contributed by atoms with Crippen LogP contribution < -0.4 is 5.43 Å². The van der Waals surface area contributed by atoms with E-state index in [-0.39, 0.29) is 11.7 Å². The van der Waals surface area contributed by atoms with Crippen LogP contribution in [0.25, 0.3) is 0 Å². The molecule has 4 nitrogen and oxygen atoms in total. The van der Waals surface area contributed by atoms with Crippen LogP contribution in [0.2, 0.25) is 0 Å². The predicted octanol–water partition coefficient (Wildman–Crippen LogP) is 3.31. The smallest absolute Gasteiger partial charge is 0.271 e. The molecule has 0 saturated carbocycles. The summed E-state index contributed by atoms with van der Waals surface area (Å²) >= 11 is 3.31. The number of phenolic OH excluding ortho intramolecular Hbond substituents is 1. The summed E-state index contributed by atoms with van der Waals surface area (Å²) in [6, 6.07) is 13.6. The van der Waals surface area contributed by atoms with Crippen LogP contribution in [0.1, 0.15) is 22.8 Å². The molecule has 0 aliphatic carbocycles. The SMILES string of the molecule is CC(=NNC(=O)c1ccc(Br)cc1)c1ccc(O)cc1. The van der Waals surface area contributed by atoms with E-state index in [9.17, 15) is 9.90 Å². The monoisotopic (exact) mass is 332 g/mol. The Kier molecular flexibility index (Phi) is 4.53. The van der Waals surface area contributed by atoms with Crippen molar-refractivity contribution >= 4 is 27.5 Å². The molecule has 0 aliphatic heterocycles. The molecule has 0 aliphatic rings. The number of hydrogen-bond donors (Lipinski definition) is 2. The molecule has 0 bridgehead atoms. The Labute approximate surface area is 125 Å². The van der Waals surface area contributed by atoms with Crippen LogP contribution in [0.15, 0.2) is 58.1 Å². The molecule has 0 atom stereocenters. The van der Waals surface area contributed by atoms with Crippen molar-refractivity contribution in [1.29, 1.82) is 0 Å². The van der Waals surface area contributed by atoms with E-state index in [0.29, 0.717) is 11.3 Å². The second-order valence-electron chi connectivity index (χ2n) is 4.19. The van der Waals surface area contributed by atoms with Gasteiger partial charge in [-0.25, -0.2) is 5.43 Å². The maximum atomic E-state index is 11.9. The molecule has 20 heavy (non-hydrogen) atoms. The van der Waals surface area contributed by atoms with Gasteiger partial charge in [0.2, 0.25) is 0 Å². The average molecular weight is 333 g/mol. The maximum Gasteiger partial charge on any atom is 0.271 e. The average Bonchev–Trinajstić information content (AvgIpc) is 2.46. The highest BCUT2D eigenvalue weighted by Crippen LogP contribution is 2.11. The van der Waals surface area contributed by atoms with Crippen molar-refractivity contribution in [2.45, 2.75) is 6.92 Å². The molecule has 0 radical (unpaired) electrons. The number of rotatable bonds is 3. The predicted molar refractivity (Wildman–Crippen MR) is 81.9 cm³/mol. The zero-order valence-electron chi connectivity index (χ0n) is 10.8. The number of halogens is 1. The number of nitrogens with one attached hydrogen (secondary N) is 1. The minimum absolute atomic E-state index is 0.195. The van der Waals surface area contributed by atoms with Gasteiger partial charge >= 0.3 is 0 Å². The third-order valence-electron chi connectivity index (χ3n) is 2.72. The Morgan fingerprint density at radius 3 is 2.20 bits per heavy atom. The Balaban J connectivity index is 2.06. The summed E-state index contributed by atoms with van der Waals surface area (Å²) in [5.74, 6) is -0.0731. The number of aromatic hydroxyl groups is 1. The van der Waals surface area contributed by atoms with Crippen molar-refractivity contribution in [3.63, 3.8) is 0 Å². The van der Waals surface area contributed by atoms with E-state index in [4.69, 9.17) is 0 Å². The van der Waals surface area contributed by atoms with Gasteiger partial charge < -0.3 is 5.11 Å². The summed E-state index contributed by atoms with van der Waals surface area (Å²) in [4.78, 5) is 11.9. The zero-order chi connectivity index (χ0) is 14.5. The molecular formula is C15H13BrN2O2. The van der Waals surface area contributed by atoms with Crippen molar-refractivity contribution < 1.29 is 9.90 Å². The molecule has 0 spiro atoms. The zero-order valence-corrected chi connectivity index (χ0v) is 12.4. The topological polar surface area (TPSA) is 61.7 Å². The van der Waals surface area contributed by atoms with Gasteiger partial charge in [-0.3, -0.25) is 4.79 Å². The number of hydrazone groups is 1. The molecule has 0 fully saturated rings. The molecule has 0 unspecified atom stereocenters. The van der Waals surface area contributed by atoms with E-state index in [2.05, 4.69) is 26.5 Å². The first kappa shape index (κ1) is 14.3. The van der Waals surface area contributed by atoms with Gasteiger partial charge in [-0.15, -0.1) is 0 Å². The Morgan fingerprint density at radius 2 is 1.60 bits per heavy atom. The van der Waals surface area contributed by atoms with E-state index in [1.165, 1.54) is 0 Å². The fourth-order valence-corrected chi connectivity index (χ4v) is 1.83. The largest absolute Gasteiger partial charge is 0.508 e. The summed E-state index contributed by atoms with van der Waals surface area (Å²) in [7, 11) is 0. The van der Waals surface area contributed by atoms with Crippen molar-refractivity contribution in [2.24, 2.45) is 5.10 Å². The van der Waals surface area contributed by atoms with Gasteiger partial charge in [0.05, 0.1) is 5.71 Å². The molecule has 2 rings (SSSR count). The lowest BCUT2D eigenvalue weighted by Gasteiger charge is -2.03. The summed E-state index contributed by atoms with van der Waals surface area (Å²) in [5, 5.41) is 13.3. The van der Waals surface area contributed by atoms with E-state index >= 15 is 0 Å². The van der Waals surface area contributed by atoms with Crippen LogP contribution in [0.4, 0.5) is 0 Å². The fourth-order valence-electron chi connectivity index (χ4n) is 1.57. The number of hydrogen-bond acceptors (Lipinski definition) is 3. The lowest BCUT2D eigenvalue weighted by molar-refractivity contribution is 0.0955. The molecule has 0 aromatic heterocycles. The first-order valence-corrected chi connectivity index (χ1v) is 6.75. The van der Waals surface area contributed by atoms with Crippen LogP contribution in [0.3, 0.4) is 0 Å². The number of carbonyl (C=O) groups is 1. The molecule has 102 valence electrons. The van der Waals surface area contributed by atoms with Gasteiger partial charge in [-0.05, 0) is 61.0 Å². The number of phenols is 1. The summed E-state index contributed by atoms with van der Waals surface area (Å²) in [6.07, 6.45) is 0. The Bertz CT molecular complexity index is 634. The second-order valence-corrected chi connectivity index (χ2v) is 5.11. The number of nitrogens with zero attached hydrogens (tertiary/aromatic N) is 1. The van der Waals surface area contributed by atoms with Crippen LogP contribution in [-0.2, 0) is 0 Å². The standard InChI is InChI=1S/C15H13BrN2O2/c1-10(11-4-8-14(19)9-5-11)17-18-15(20)12-2-6-13(16)7-3-12/h2-9,19H,1H3,(H,18,20). The number of carbonyl (C=O) groups excluding carboxylic acids is 1. The molecule has 2 aromatic carbocycles. The molecule has 2 N–H and O–H groups in total.